The van der Waals surface area contributed by atoms with Crippen LogP contribution in [0.25, 0.3) is 0 Å². The van der Waals surface area contributed by atoms with Crippen LogP contribution in [0.2, 0.25) is 0 Å². The molecule has 2 nitrogen and oxygen atoms in total. The molecule has 2 rings (SSSR count). The predicted octanol–water partition coefficient (Wildman–Crippen LogP) is 1.96. The Hall–Kier alpha value is -1.02. The third-order valence-corrected chi connectivity index (χ3v) is 2.80. The first kappa shape index (κ1) is 9.53. The molecule has 1 fully saturated rings. The zero-order valence-corrected chi connectivity index (χ0v) is 9.05. The molecule has 1 aromatic rings. The summed E-state index contributed by atoms with van der Waals surface area (Å²) >= 11 is 0. The topological polar surface area (TPSA) is 21.3 Å². The van der Waals surface area contributed by atoms with Crippen molar-refractivity contribution in [2.24, 2.45) is 0 Å². The lowest BCUT2D eigenvalue weighted by molar-refractivity contribution is 0.141. The van der Waals surface area contributed by atoms with E-state index in [9.17, 15) is 0 Å². The molecule has 0 amide bonds. The molecule has 1 saturated heterocycles. The van der Waals surface area contributed by atoms with Gasteiger partial charge >= 0.3 is 0 Å². The number of nitrogens with one attached hydrogen (secondary N) is 1. The van der Waals surface area contributed by atoms with Crippen LogP contribution in [0.5, 0.6) is 5.75 Å². The molecule has 0 atom stereocenters. The van der Waals surface area contributed by atoms with Crippen LogP contribution in [-0.2, 0) is 0 Å². The van der Waals surface area contributed by atoms with E-state index in [2.05, 4.69) is 38.2 Å². The zero-order valence-electron chi connectivity index (χ0n) is 9.05. The number of ether oxygens (including phenoxy) is 1. The first-order valence-corrected chi connectivity index (χ1v) is 5.12. The van der Waals surface area contributed by atoms with E-state index in [1.54, 1.807) is 0 Å². The minimum Gasteiger partial charge on any atom is -0.487 e. The molecular formula is C12H17NO. The van der Waals surface area contributed by atoms with Crippen LogP contribution in [-0.4, -0.2) is 19.2 Å². The molecule has 1 aliphatic heterocycles. The van der Waals surface area contributed by atoms with Crippen molar-refractivity contribution in [1.82, 2.24) is 5.32 Å². The molecule has 0 spiro atoms. The van der Waals surface area contributed by atoms with Gasteiger partial charge in [-0.05, 0) is 43.5 Å². The second kappa shape index (κ2) is 3.62. The number of hydrogen-bond acceptors (Lipinski definition) is 2. The quantitative estimate of drug-likeness (QED) is 0.771. The number of benzene rings is 1. The Kier molecular flexibility index (Phi) is 2.46. The molecule has 2 heteroatoms. The fourth-order valence-corrected chi connectivity index (χ4v) is 1.65. The van der Waals surface area contributed by atoms with E-state index < -0.39 is 0 Å². The average molecular weight is 191 g/mol. The van der Waals surface area contributed by atoms with Gasteiger partial charge in [0.1, 0.15) is 11.9 Å². The molecule has 0 bridgehead atoms. The van der Waals surface area contributed by atoms with Gasteiger partial charge in [0, 0.05) is 13.1 Å². The smallest absolute Gasteiger partial charge is 0.123 e. The van der Waals surface area contributed by atoms with Crippen LogP contribution in [0.3, 0.4) is 0 Å². The fraction of sp³-hybridized carbons (Fsp3) is 0.500. The molecule has 1 N–H and O–H groups in total. The van der Waals surface area contributed by atoms with Crippen LogP contribution in [0.4, 0.5) is 0 Å². The number of aryl methyl sites for hydroxylation is 2. The van der Waals surface area contributed by atoms with E-state index >= 15 is 0 Å². The largest absolute Gasteiger partial charge is 0.487 e. The highest BCUT2D eigenvalue weighted by Crippen LogP contribution is 2.24. The van der Waals surface area contributed by atoms with Gasteiger partial charge in [-0.15, -0.1) is 0 Å². The lowest BCUT2D eigenvalue weighted by Gasteiger charge is -2.29. The van der Waals surface area contributed by atoms with Crippen molar-refractivity contribution < 1.29 is 4.74 Å². The molecule has 0 aliphatic carbocycles. The van der Waals surface area contributed by atoms with Crippen LogP contribution in [0, 0.1) is 20.8 Å². The number of rotatable bonds is 2. The van der Waals surface area contributed by atoms with Gasteiger partial charge in [-0.25, -0.2) is 0 Å². The van der Waals surface area contributed by atoms with Gasteiger partial charge in [-0.1, -0.05) is 6.07 Å². The molecule has 1 aromatic carbocycles. The summed E-state index contributed by atoms with van der Waals surface area (Å²) in [6.45, 7) is 8.32. The summed E-state index contributed by atoms with van der Waals surface area (Å²) in [5.74, 6) is 1.05. The Bertz CT molecular complexity index is 342. The Balaban J connectivity index is 2.22. The first-order valence-electron chi connectivity index (χ1n) is 5.12. The summed E-state index contributed by atoms with van der Waals surface area (Å²) in [7, 11) is 0. The average Bonchev–Trinajstić information content (AvgIpc) is 2.05. The van der Waals surface area contributed by atoms with Crippen LogP contribution in [0.1, 0.15) is 16.7 Å². The van der Waals surface area contributed by atoms with Crippen molar-refractivity contribution in [3.63, 3.8) is 0 Å². The Morgan fingerprint density at radius 1 is 1.21 bits per heavy atom. The second-order valence-electron chi connectivity index (χ2n) is 4.10. The van der Waals surface area contributed by atoms with E-state index in [1.165, 1.54) is 16.7 Å². The SMILES string of the molecule is Cc1cc(C)c(C)c(OC2CNC2)c1. The number of hydrogen-bond donors (Lipinski definition) is 1. The first-order chi connectivity index (χ1) is 6.66. The summed E-state index contributed by atoms with van der Waals surface area (Å²) in [6, 6.07) is 4.32. The maximum atomic E-state index is 5.88. The summed E-state index contributed by atoms with van der Waals surface area (Å²) in [5.41, 5.74) is 3.85. The molecule has 14 heavy (non-hydrogen) atoms. The molecule has 0 saturated carbocycles. The minimum atomic E-state index is 0.370. The van der Waals surface area contributed by atoms with Crippen molar-refractivity contribution in [2.75, 3.05) is 13.1 Å². The van der Waals surface area contributed by atoms with Crippen LogP contribution in [0.15, 0.2) is 12.1 Å². The van der Waals surface area contributed by atoms with Gasteiger partial charge in [0.05, 0.1) is 0 Å². The Labute approximate surface area is 85.3 Å². The van der Waals surface area contributed by atoms with E-state index in [0.717, 1.165) is 18.8 Å². The highest BCUT2D eigenvalue weighted by atomic mass is 16.5. The monoisotopic (exact) mass is 191 g/mol. The Morgan fingerprint density at radius 3 is 2.50 bits per heavy atom. The summed E-state index contributed by atoms with van der Waals surface area (Å²) in [6.07, 6.45) is 0.370. The summed E-state index contributed by atoms with van der Waals surface area (Å²) in [5, 5.41) is 3.21. The predicted molar refractivity (Wildman–Crippen MR) is 57.9 cm³/mol. The second-order valence-corrected chi connectivity index (χ2v) is 4.10. The van der Waals surface area contributed by atoms with E-state index in [-0.39, 0.29) is 0 Å². The lowest BCUT2D eigenvalue weighted by Crippen LogP contribution is -2.50. The summed E-state index contributed by atoms with van der Waals surface area (Å²) in [4.78, 5) is 0. The normalized spacial score (nSPS) is 16.5. The fourth-order valence-electron chi connectivity index (χ4n) is 1.65. The van der Waals surface area contributed by atoms with E-state index in [0.29, 0.717) is 6.10 Å². The highest BCUT2D eigenvalue weighted by molar-refractivity contribution is 5.42. The van der Waals surface area contributed by atoms with E-state index in [1.807, 2.05) is 0 Å². The van der Waals surface area contributed by atoms with Crippen molar-refractivity contribution in [3.05, 3.63) is 28.8 Å². The van der Waals surface area contributed by atoms with Crippen molar-refractivity contribution in [2.45, 2.75) is 26.9 Å². The molecule has 76 valence electrons. The molecular weight excluding hydrogens is 174 g/mol. The highest BCUT2D eigenvalue weighted by Gasteiger charge is 2.19. The van der Waals surface area contributed by atoms with Crippen LogP contribution < -0.4 is 10.1 Å². The van der Waals surface area contributed by atoms with Gasteiger partial charge in [-0.2, -0.15) is 0 Å². The molecule has 1 aliphatic rings. The maximum Gasteiger partial charge on any atom is 0.123 e. The lowest BCUT2D eigenvalue weighted by atomic mass is 10.1. The van der Waals surface area contributed by atoms with Crippen LogP contribution >= 0.6 is 0 Å². The molecule has 0 unspecified atom stereocenters. The maximum absolute atomic E-state index is 5.88. The minimum absolute atomic E-state index is 0.370. The molecule has 0 radical (unpaired) electrons. The van der Waals surface area contributed by atoms with E-state index in [4.69, 9.17) is 4.74 Å². The molecule has 0 aromatic heterocycles. The van der Waals surface area contributed by atoms with Gasteiger partial charge in [0.2, 0.25) is 0 Å². The van der Waals surface area contributed by atoms with Crippen molar-refractivity contribution in [1.29, 1.82) is 0 Å². The van der Waals surface area contributed by atoms with Crippen molar-refractivity contribution in [3.8, 4) is 5.75 Å². The van der Waals surface area contributed by atoms with Gasteiger partial charge in [-0.3, -0.25) is 0 Å². The molecule has 1 heterocycles. The third-order valence-electron chi connectivity index (χ3n) is 2.80. The summed E-state index contributed by atoms with van der Waals surface area (Å²) < 4.78 is 5.88. The van der Waals surface area contributed by atoms with Gasteiger partial charge < -0.3 is 10.1 Å². The van der Waals surface area contributed by atoms with Gasteiger partial charge in [0.25, 0.3) is 0 Å². The zero-order chi connectivity index (χ0) is 10.1. The third kappa shape index (κ3) is 1.75. The van der Waals surface area contributed by atoms with Gasteiger partial charge in [0.15, 0.2) is 0 Å². The standard InChI is InChI=1S/C12H17NO/c1-8-4-9(2)10(3)12(5-8)14-11-6-13-7-11/h4-5,11,13H,6-7H2,1-3H3. The van der Waals surface area contributed by atoms with Crippen molar-refractivity contribution >= 4 is 0 Å². The Morgan fingerprint density at radius 2 is 1.93 bits per heavy atom.